The van der Waals surface area contributed by atoms with Crippen molar-refractivity contribution in [2.24, 2.45) is 0 Å². The highest BCUT2D eigenvalue weighted by atomic mass is 35.5. The van der Waals surface area contributed by atoms with Crippen LogP contribution in [0.25, 0.3) is 10.2 Å². The summed E-state index contributed by atoms with van der Waals surface area (Å²) in [5, 5.41) is 1.09. The van der Waals surface area contributed by atoms with Gasteiger partial charge in [0.1, 0.15) is 5.52 Å². The van der Waals surface area contributed by atoms with E-state index in [4.69, 9.17) is 23.2 Å². The molecule has 0 atom stereocenters. The molecule has 0 bridgehead atoms. The summed E-state index contributed by atoms with van der Waals surface area (Å²) in [6.07, 6.45) is 1.14. The van der Waals surface area contributed by atoms with Crippen molar-refractivity contribution >= 4 is 78.0 Å². The minimum atomic E-state index is -3.45. The predicted octanol–water partition coefficient (Wildman–Crippen LogP) is 4.64. The third-order valence-electron chi connectivity index (χ3n) is 4.18. The summed E-state index contributed by atoms with van der Waals surface area (Å²) in [5.41, 5.74) is 0.664. The van der Waals surface area contributed by atoms with Crippen LogP contribution in [-0.4, -0.2) is 57.6 Å². The summed E-state index contributed by atoms with van der Waals surface area (Å²) in [5.74, 6) is -0.325. The number of hydrogen-bond donors (Lipinski definition) is 0. The lowest BCUT2D eigenvalue weighted by Crippen LogP contribution is -2.36. The van der Waals surface area contributed by atoms with Gasteiger partial charge in [0.05, 0.1) is 20.2 Å². The van der Waals surface area contributed by atoms with Gasteiger partial charge in [-0.1, -0.05) is 40.6 Å². The molecule has 0 N–H and O–H groups in total. The van der Waals surface area contributed by atoms with Crippen molar-refractivity contribution in [3.63, 3.8) is 0 Å². The number of benzene rings is 2. The lowest BCUT2D eigenvalue weighted by molar-refractivity contribution is 0.0985. The maximum absolute atomic E-state index is 13.3. The van der Waals surface area contributed by atoms with Crippen LogP contribution in [0.3, 0.4) is 0 Å². The number of anilines is 1. The van der Waals surface area contributed by atoms with Crippen molar-refractivity contribution in [1.29, 1.82) is 0 Å². The number of para-hydroxylation sites is 1. The summed E-state index contributed by atoms with van der Waals surface area (Å²) < 4.78 is 24.9. The zero-order chi connectivity index (χ0) is 21.3. The van der Waals surface area contributed by atoms with E-state index < -0.39 is 9.84 Å². The number of sulfone groups is 1. The van der Waals surface area contributed by atoms with Crippen molar-refractivity contribution in [2.45, 2.75) is 4.90 Å². The second-order valence-electron chi connectivity index (χ2n) is 6.76. The Morgan fingerprint density at radius 3 is 2.43 bits per heavy atom. The quantitative estimate of drug-likeness (QED) is 0.485. The molecule has 0 unspecified atom stereocenters. The van der Waals surface area contributed by atoms with Gasteiger partial charge < -0.3 is 4.90 Å². The second-order valence-corrected chi connectivity index (χ2v) is 10.6. The van der Waals surface area contributed by atoms with Gasteiger partial charge in [0, 0.05) is 24.4 Å². The first-order chi connectivity index (χ1) is 13.6. The number of hydrogen-bond acceptors (Lipinski definition) is 6. The van der Waals surface area contributed by atoms with Gasteiger partial charge in [-0.25, -0.2) is 13.4 Å². The molecule has 3 rings (SSSR count). The summed E-state index contributed by atoms with van der Waals surface area (Å²) in [6, 6.07) is 9.66. The van der Waals surface area contributed by atoms with Crippen LogP contribution in [0.15, 0.2) is 41.3 Å². The van der Waals surface area contributed by atoms with Crippen molar-refractivity contribution in [3.05, 3.63) is 52.0 Å². The number of aromatic nitrogens is 1. The van der Waals surface area contributed by atoms with Crippen LogP contribution in [0.4, 0.5) is 5.13 Å². The van der Waals surface area contributed by atoms with Crippen LogP contribution in [0.5, 0.6) is 0 Å². The van der Waals surface area contributed by atoms with Gasteiger partial charge in [-0.2, -0.15) is 0 Å². The highest BCUT2D eigenvalue weighted by Gasteiger charge is 2.25. The van der Waals surface area contributed by atoms with E-state index in [2.05, 4.69) is 4.98 Å². The zero-order valence-electron chi connectivity index (χ0n) is 16.4. The SMILES string of the molecule is CN(C)CCN(C(=O)c1ccc(Cl)cc1Cl)c1nc2c(S(C)(=O)=O)cccc2s1.Cl. The fourth-order valence-corrected chi connectivity index (χ4v) is 5.12. The Balaban J connectivity index is 0.00000320. The largest absolute Gasteiger partial charge is 0.308 e. The topological polar surface area (TPSA) is 70.6 Å². The second kappa shape index (κ2) is 9.80. The molecule has 1 amide bonds. The number of carbonyl (C=O) groups is 1. The minimum Gasteiger partial charge on any atom is -0.308 e. The average Bonchev–Trinajstić information content (AvgIpc) is 3.04. The molecule has 3 aromatic rings. The number of rotatable bonds is 6. The molecule has 1 aromatic heterocycles. The summed E-state index contributed by atoms with van der Waals surface area (Å²) in [7, 11) is 0.347. The highest BCUT2D eigenvalue weighted by molar-refractivity contribution is 7.91. The van der Waals surface area contributed by atoms with Crippen molar-refractivity contribution in [3.8, 4) is 0 Å². The number of fused-ring (bicyclic) bond motifs is 1. The van der Waals surface area contributed by atoms with Gasteiger partial charge in [0.15, 0.2) is 15.0 Å². The summed E-state index contributed by atoms with van der Waals surface area (Å²) in [6.45, 7) is 0.949. The first-order valence-corrected chi connectivity index (χ1v) is 12.1. The number of carbonyl (C=O) groups excluding carboxylic acids is 1. The Bertz CT molecular complexity index is 1180. The highest BCUT2D eigenvalue weighted by Crippen LogP contribution is 2.34. The Morgan fingerprint density at radius 2 is 1.83 bits per heavy atom. The van der Waals surface area contributed by atoms with Gasteiger partial charge in [0.2, 0.25) is 0 Å². The van der Waals surface area contributed by atoms with Crippen LogP contribution in [-0.2, 0) is 9.84 Å². The first kappa shape index (κ1) is 24.8. The Kier molecular flexibility index (Phi) is 8.12. The Hall–Kier alpha value is -1.42. The molecule has 1 heterocycles. The van der Waals surface area contributed by atoms with Crippen molar-refractivity contribution in [2.75, 3.05) is 38.3 Å². The van der Waals surface area contributed by atoms with Gasteiger partial charge in [-0.3, -0.25) is 9.69 Å². The third kappa shape index (κ3) is 5.43. The number of likely N-dealkylation sites (N-methyl/N-ethyl adjacent to an activating group) is 1. The maximum atomic E-state index is 13.3. The molecule has 11 heteroatoms. The number of halogens is 3. The summed E-state index contributed by atoms with van der Waals surface area (Å²) >= 11 is 13.5. The molecule has 0 spiro atoms. The molecular formula is C19H20Cl3N3O3S2. The Labute approximate surface area is 195 Å². The molecule has 2 aromatic carbocycles. The smallest absolute Gasteiger partial charge is 0.261 e. The molecular weight excluding hydrogens is 489 g/mol. The molecule has 0 radical (unpaired) electrons. The molecule has 0 fully saturated rings. The van der Waals surface area contributed by atoms with Crippen LogP contribution in [0.1, 0.15) is 10.4 Å². The molecule has 162 valence electrons. The minimum absolute atomic E-state index is 0. The predicted molar refractivity (Wildman–Crippen MR) is 127 cm³/mol. The van der Waals surface area contributed by atoms with E-state index in [1.165, 1.54) is 28.4 Å². The van der Waals surface area contributed by atoms with Crippen LogP contribution in [0.2, 0.25) is 10.0 Å². The third-order valence-corrected chi connectivity index (χ3v) is 6.90. The molecule has 30 heavy (non-hydrogen) atoms. The van der Waals surface area contributed by atoms with Crippen LogP contribution in [0, 0.1) is 0 Å². The van der Waals surface area contributed by atoms with Crippen LogP contribution >= 0.6 is 46.9 Å². The van der Waals surface area contributed by atoms with E-state index in [9.17, 15) is 13.2 Å². The molecule has 0 saturated carbocycles. The normalized spacial score (nSPS) is 11.5. The van der Waals surface area contributed by atoms with Gasteiger partial charge >= 0.3 is 0 Å². The summed E-state index contributed by atoms with van der Waals surface area (Å²) in [4.78, 5) is 21.4. The standard InChI is InChI=1S/C19H19Cl2N3O3S2.ClH/c1-23(2)9-10-24(18(25)13-8-7-12(20)11-14(13)21)19-22-17-15(28-19)5-4-6-16(17)29(3,26)27;/h4-8,11H,9-10H2,1-3H3;1H. The molecule has 0 saturated heterocycles. The molecule has 6 nitrogen and oxygen atoms in total. The number of nitrogens with zero attached hydrogens (tertiary/aromatic N) is 3. The van der Waals surface area contributed by atoms with E-state index in [1.807, 2.05) is 19.0 Å². The fraction of sp³-hybridized carbons (Fsp3) is 0.263. The Morgan fingerprint density at radius 1 is 1.13 bits per heavy atom. The lowest BCUT2D eigenvalue weighted by atomic mass is 10.2. The molecule has 0 aliphatic rings. The van der Waals surface area contributed by atoms with E-state index in [1.54, 1.807) is 24.3 Å². The fourth-order valence-electron chi connectivity index (χ4n) is 2.72. The van der Waals surface area contributed by atoms with Crippen LogP contribution < -0.4 is 4.90 Å². The van der Waals surface area contributed by atoms with E-state index in [-0.39, 0.29) is 28.2 Å². The molecule has 0 aliphatic heterocycles. The van der Waals surface area contributed by atoms with Gasteiger partial charge in [0.25, 0.3) is 5.91 Å². The van der Waals surface area contributed by atoms with Crippen molar-refractivity contribution < 1.29 is 13.2 Å². The number of amides is 1. The van der Waals surface area contributed by atoms with Crippen molar-refractivity contribution in [1.82, 2.24) is 9.88 Å². The van der Waals surface area contributed by atoms with Gasteiger partial charge in [-0.15, -0.1) is 12.4 Å². The first-order valence-electron chi connectivity index (χ1n) is 8.59. The monoisotopic (exact) mass is 507 g/mol. The number of thiazole rings is 1. The van der Waals surface area contributed by atoms with E-state index >= 15 is 0 Å². The lowest BCUT2D eigenvalue weighted by Gasteiger charge is -2.22. The maximum Gasteiger partial charge on any atom is 0.261 e. The average molecular weight is 509 g/mol. The zero-order valence-corrected chi connectivity index (χ0v) is 20.4. The van der Waals surface area contributed by atoms with E-state index in [0.29, 0.717) is 39.0 Å². The molecule has 0 aliphatic carbocycles. The van der Waals surface area contributed by atoms with Gasteiger partial charge in [-0.05, 0) is 44.4 Å². The van der Waals surface area contributed by atoms with E-state index in [0.717, 1.165) is 6.26 Å².